The molecule has 0 atom stereocenters. The Balaban J connectivity index is 1.63. The second-order valence-electron chi connectivity index (χ2n) is 5.19. The lowest BCUT2D eigenvalue weighted by Gasteiger charge is -2.26. The van der Waals surface area contributed by atoms with Gasteiger partial charge in [0.05, 0.1) is 19.8 Å². The highest BCUT2D eigenvalue weighted by atomic mass is 16.5. The number of rotatable bonds is 8. The van der Waals surface area contributed by atoms with Gasteiger partial charge in [0.2, 0.25) is 0 Å². The number of nitrogens with one attached hydrogen (secondary N) is 1. The number of hydrogen-bond acceptors (Lipinski definition) is 4. The van der Waals surface area contributed by atoms with Crippen LogP contribution in [-0.2, 0) is 22.6 Å². The van der Waals surface area contributed by atoms with Crippen molar-refractivity contribution in [2.45, 2.75) is 19.6 Å². The molecule has 1 aliphatic heterocycles. The summed E-state index contributed by atoms with van der Waals surface area (Å²) >= 11 is 0. The van der Waals surface area contributed by atoms with Crippen LogP contribution in [0.4, 0.5) is 0 Å². The fourth-order valence-electron chi connectivity index (χ4n) is 2.50. The molecule has 1 aliphatic rings. The molecule has 4 nitrogen and oxygen atoms in total. The molecule has 112 valence electrons. The summed E-state index contributed by atoms with van der Waals surface area (Å²) < 4.78 is 10.6. The molecular weight excluding hydrogens is 252 g/mol. The maximum absolute atomic E-state index is 5.35. The summed E-state index contributed by atoms with van der Waals surface area (Å²) in [5.74, 6) is 0. The van der Waals surface area contributed by atoms with Crippen LogP contribution in [0.5, 0.6) is 0 Å². The van der Waals surface area contributed by atoms with E-state index in [0.717, 1.165) is 45.9 Å². The number of benzene rings is 1. The van der Waals surface area contributed by atoms with Gasteiger partial charge in [0, 0.05) is 26.7 Å². The van der Waals surface area contributed by atoms with Gasteiger partial charge in [-0.15, -0.1) is 0 Å². The van der Waals surface area contributed by atoms with Gasteiger partial charge in [-0.1, -0.05) is 24.3 Å². The Kier molecular flexibility index (Phi) is 7.01. The zero-order valence-corrected chi connectivity index (χ0v) is 12.4. The molecule has 1 saturated heterocycles. The van der Waals surface area contributed by atoms with Crippen molar-refractivity contribution in [3.05, 3.63) is 35.4 Å². The monoisotopic (exact) mass is 278 g/mol. The van der Waals surface area contributed by atoms with Crippen LogP contribution in [-0.4, -0.2) is 51.4 Å². The molecule has 1 aromatic carbocycles. The van der Waals surface area contributed by atoms with Crippen molar-refractivity contribution >= 4 is 0 Å². The molecular formula is C16H26N2O2. The highest BCUT2D eigenvalue weighted by Gasteiger charge is 2.09. The molecule has 0 spiro atoms. The van der Waals surface area contributed by atoms with Crippen molar-refractivity contribution in [1.82, 2.24) is 10.2 Å². The van der Waals surface area contributed by atoms with Crippen LogP contribution in [0.3, 0.4) is 0 Å². The molecule has 20 heavy (non-hydrogen) atoms. The maximum Gasteiger partial charge on any atom is 0.0716 e. The highest BCUT2D eigenvalue weighted by Crippen LogP contribution is 2.09. The first-order chi connectivity index (χ1) is 9.90. The standard InChI is InChI=1S/C16H26N2O2/c1-19-14-16-6-3-2-5-15(16)13-17-7-4-8-18-9-11-20-12-10-18/h2-3,5-6,17H,4,7-14H2,1H3. The quantitative estimate of drug-likeness (QED) is 0.733. The predicted molar refractivity (Wildman–Crippen MR) is 80.7 cm³/mol. The van der Waals surface area contributed by atoms with E-state index in [2.05, 4.69) is 34.5 Å². The van der Waals surface area contributed by atoms with E-state index in [1.54, 1.807) is 7.11 Å². The van der Waals surface area contributed by atoms with Crippen molar-refractivity contribution in [2.24, 2.45) is 0 Å². The lowest BCUT2D eigenvalue weighted by atomic mass is 10.1. The van der Waals surface area contributed by atoms with E-state index in [9.17, 15) is 0 Å². The first-order valence-electron chi connectivity index (χ1n) is 7.46. The van der Waals surface area contributed by atoms with E-state index in [1.165, 1.54) is 17.5 Å². The van der Waals surface area contributed by atoms with Crippen LogP contribution in [0, 0.1) is 0 Å². The van der Waals surface area contributed by atoms with Crippen LogP contribution < -0.4 is 5.32 Å². The predicted octanol–water partition coefficient (Wildman–Crippen LogP) is 1.64. The van der Waals surface area contributed by atoms with Crippen molar-refractivity contribution in [3.8, 4) is 0 Å². The largest absolute Gasteiger partial charge is 0.380 e. The van der Waals surface area contributed by atoms with Gasteiger partial charge in [-0.05, 0) is 30.6 Å². The fourth-order valence-corrected chi connectivity index (χ4v) is 2.50. The van der Waals surface area contributed by atoms with Crippen LogP contribution in [0.1, 0.15) is 17.5 Å². The molecule has 1 aromatic rings. The van der Waals surface area contributed by atoms with Crippen LogP contribution in [0.25, 0.3) is 0 Å². The lowest BCUT2D eigenvalue weighted by molar-refractivity contribution is 0.0374. The average molecular weight is 278 g/mol. The lowest BCUT2D eigenvalue weighted by Crippen LogP contribution is -2.37. The molecule has 2 rings (SSSR count). The van der Waals surface area contributed by atoms with Crippen LogP contribution >= 0.6 is 0 Å². The maximum atomic E-state index is 5.35. The number of ether oxygens (including phenoxy) is 2. The summed E-state index contributed by atoms with van der Waals surface area (Å²) in [6, 6.07) is 8.46. The molecule has 0 bridgehead atoms. The molecule has 0 aromatic heterocycles. The molecule has 0 amide bonds. The van der Waals surface area contributed by atoms with Gasteiger partial charge in [-0.25, -0.2) is 0 Å². The first-order valence-corrected chi connectivity index (χ1v) is 7.46. The minimum atomic E-state index is 0.686. The Labute approximate surface area is 122 Å². The van der Waals surface area contributed by atoms with Crippen LogP contribution in [0.15, 0.2) is 24.3 Å². The Morgan fingerprint density at radius 1 is 1.20 bits per heavy atom. The SMILES string of the molecule is COCc1ccccc1CNCCCN1CCOCC1. The number of morpholine rings is 1. The van der Waals surface area contributed by atoms with Gasteiger partial charge in [-0.2, -0.15) is 0 Å². The van der Waals surface area contributed by atoms with E-state index in [-0.39, 0.29) is 0 Å². The summed E-state index contributed by atoms with van der Waals surface area (Å²) in [5, 5.41) is 3.53. The van der Waals surface area contributed by atoms with E-state index in [4.69, 9.17) is 9.47 Å². The zero-order chi connectivity index (χ0) is 14.0. The Hall–Kier alpha value is -0.940. The highest BCUT2D eigenvalue weighted by molar-refractivity contribution is 5.26. The van der Waals surface area contributed by atoms with Crippen LogP contribution in [0.2, 0.25) is 0 Å². The molecule has 0 unspecified atom stereocenters. The van der Waals surface area contributed by atoms with Crippen molar-refractivity contribution < 1.29 is 9.47 Å². The molecule has 0 saturated carbocycles. The van der Waals surface area contributed by atoms with E-state index in [0.29, 0.717) is 6.61 Å². The Bertz CT molecular complexity index is 378. The zero-order valence-electron chi connectivity index (χ0n) is 12.4. The topological polar surface area (TPSA) is 33.7 Å². The third-order valence-electron chi connectivity index (χ3n) is 3.67. The molecule has 4 heteroatoms. The molecule has 0 aliphatic carbocycles. The molecule has 1 fully saturated rings. The minimum absolute atomic E-state index is 0.686. The van der Waals surface area contributed by atoms with Gasteiger partial charge < -0.3 is 14.8 Å². The summed E-state index contributed by atoms with van der Waals surface area (Å²) in [4.78, 5) is 2.48. The summed E-state index contributed by atoms with van der Waals surface area (Å²) in [7, 11) is 1.74. The third-order valence-corrected chi connectivity index (χ3v) is 3.67. The average Bonchev–Trinajstić information content (AvgIpc) is 2.50. The van der Waals surface area contributed by atoms with Gasteiger partial charge in [-0.3, -0.25) is 4.90 Å². The Morgan fingerprint density at radius 3 is 2.70 bits per heavy atom. The van der Waals surface area contributed by atoms with E-state index >= 15 is 0 Å². The minimum Gasteiger partial charge on any atom is -0.380 e. The van der Waals surface area contributed by atoms with Crippen molar-refractivity contribution in [1.29, 1.82) is 0 Å². The van der Waals surface area contributed by atoms with Crippen molar-refractivity contribution in [3.63, 3.8) is 0 Å². The summed E-state index contributed by atoms with van der Waals surface area (Å²) in [6.07, 6.45) is 1.19. The smallest absolute Gasteiger partial charge is 0.0716 e. The third kappa shape index (κ3) is 5.21. The number of methoxy groups -OCH3 is 1. The first kappa shape index (κ1) is 15.4. The van der Waals surface area contributed by atoms with Gasteiger partial charge in [0.15, 0.2) is 0 Å². The van der Waals surface area contributed by atoms with Crippen molar-refractivity contribution in [2.75, 3.05) is 46.5 Å². The summed E-state index contributed by atoms with van der Waals surface area (Å²) in [5.41, 5.74) is 2.61. The molecule has 1 N–H and O–H groups in total. The van der Waals surface area contributed by atoms with Gasteiger partial charge >= 0.3 is 0 Å². The number of hydrogen-bond donors (Lipinski definition) is 1. The molecule has 1 heterocycles. The van der Waals surface area contributed by atoms with E-state index < -0.39 is 0 Å². The van der Waals surface area contributed by atoms with Gasteiger partial charge in [0.1, 0.15) is 0 Å². The second kappa shape index (κ2) is 9.08. The second-order valence-corrected chi connectivity index (χ2v) is 5.19. The van der Waals surface area contributed by atoms with Gasteiger partial charge in [0.25, 0.3) is 0 Å². The summed E-state index contributed by atoms with van der Waals surface area (Å²) in [6.45, 7) is 7.76. The number of nitrogens with zero attached hydrogens (tertiary/aromatic N) is 1. The fraction of sp³-hybridized carbons (Fsp3) is 0.625. The molecule has 0 radical (unpaired) electrons. The van der Waals surface area contributed by atoms with E-state index in [1.807, 2.05) is 0 Å². The normalized spacial score (nSPS) is 16.4. The Morgan fingerprint density at radius 2 is 1.95 bits per heavy atom.